The van der Waals surface area contributed by atoms with Crippen LogP contribution in [0.2, 0.25) is 0 Å². The monoisotopic (exact) mass is 267 g/mol. The summed E-state index contributed by atoms with van der Waals surface area (Å²) in [6.45, 7) is 1.75. The second-order valence-electron chi connectivity index (χ2n) is 4.63. The quantitative estimate of drug-likeness (QED) is 0.599. The number of rotatable bonds is 6. The van der Waals surface area contributed by atoms with Crippen LogP contribution in [-0.4, -0.2) is 26.5 Å². The van der Waals surface area contributed by atoms with Gasteiger partial charge in [-0.2, -0.15) is 0 Å². The molecule has 102 valence electrons. The van der Waals surface area contributed by atoms with Gasteiger partial charge in [0.2, 0.25) is 0 Å². The Morgan fingerprint density at radius 1 is 1.00 bits per heavy atom. The average molecular weight is 267 g/mol. The summed E-state index contributed by atoms with van der Waals surface area (Å²) < 4.78 is 0. The molecule has 0 spiro atoms. The van der Waals surface area contributed by atoms with Crippen LogP contribution in [0.3, 0.4) is 0 Å². The van der Waals surface area contributed by atoms with Crippen molar-refractivity contribution in [1.82, 2.24) is 25.3 Å². The fraction of sp³-hybridized carbons (Fsp3) is 0.200. The van der Waals surface area contributed by atoms with Gasteiger partial charge in [-0.3, -0.25) is 0 Å². The maximum atomic E-state index is 4.08. The van der Waals surface area contributed by atoms with Crippen molar-refractivity contribution in [3.63, 3.8) is 0 Å². The van der Waals surface area contributed by atoms with Crippen LogP contribution in [0.4, 0.5) is 0 Å². The number of nitrogens with zero attached hydrogens (tertiary/aromatic N) is 2. The van der Waals surface area contributed by atoms with Crippen LogP contribution >= 0.6 is 0 Å². The predicted octanol–water partition coefficient (Wildman–Crippen LogP) is 2.13. The summed E-state index contributed by atoms with van der Waals surface area (Å²) in [5, 5.41) is 3.46. The molecule has 0 aliphatic heterocycles. The number of aromatic amines is 2. The van der Waals surface area contributed by atoms with Gasteiger partial charge in [0.1, 0.15) is 0 Å². The molecule has 2 heterocycles. The lowest BCUT2D eigenvalue weighted by molar-refractivity contribution is 0.682. The second kappa shape index (κ2) is 6.16. The van der Waals surface area contributed by atoms with Crippen molar-refractivity contribution < 1.29 is 0 Å². The van der Waals surface area contributed by atoms with E-state index >= 15 is 0 Å². The summed E-state index contributed by atoms with van der Waals surface area (Å²) >= 11 is 0. The predicted molar refractivity (Wildman–Crippen MR) is 78.0 cm³/mol. The molecular weight excluding hydrogens is 250 g/mol. The second-order valence-corrected chi connectivity index (χ2v) is 4.63. The standard InChI is InChI=1S/C15H17N5/c1-2-4-14(15-9-18-11-20-15)12(3-1)7-16-6-5-13-8-17-10-19-13/h1-4,8-11,16H,5-7H2,(H,17,19)(H,18,20). The molecule has 0 atom stereocenters. The number of hydrogen-bond donors (Lipinski definition) is 3. The van der Waals surface area contributed by atoms with Gasteiger partial charge in [-0.05, 0) is 5.56 Å². The van der Waals surface area contributed by atoms with Gasteiger partial charge in [0.25, 0.3) is 0 Å². The van der Waals surface area contributed by atoms with E-state index in [9.17, 15) is 0 Å². The Morgan fingerprint density at radius 2 is 1.85 bits per heavy atom. The molecule has 20 heavy (non-hydrogen) atoms. The van der Waals surface area contributed by atoms with Crippen molar-refractivity contribution in [2.24, 2.45) is 0 Å². The number of hydrogen-bond acceptors (Lipinski definition) is 3. The molecule has 0 saturated heterocycles. The molecule has 0 saturated carbocycles. The van der Waals surface area contributed by atoms with Crippen LogP contribution in [0.25, 0.3) is 11.3 Å². The Kier molecular flexibility index (Phi) is 3.89. The highest BCUT2D eigenvalue weighted by Gasteiger charge is 2.05. The van der Waals surface area contributed by atoms with E-state index in [-0.39, 0.29) is 0 Å². The smallest absolute Gasteiger partial charge is 0.0924 e. The fourth-order valence-corrected chi connectivity index (χ4v) is 2.21. The van der Waals surface area contributed by atoms with Gasteiger partial charge in [-0.25, -0.2) is 9.97 Å². The van der Waals surface area contributed by atoms with E-state index in [1.807, 2.05) is 18.5 Å². The fourth-order valence-electron chi connectivity index (χ4n) is 2.21. The Bertz CT molecular complexity index is 628. The summed E-state index contributed by atoms with van der Waals surface area (Å²) in [6.07, 6.45) is 8.08. The summed E-state index contributed by atoms with van der Waals surface area (Å²) in [7, 11) is 0. The molecule has 0 aliphatic rings. The highest BCUT2D eigenvalue weighted by atomic mass is 14.9. The van der Waals surface area contributed by atoms with Crippen molar-refractivity contribution in [2.75, 3.05) is 6.54 Å². The van der Waals surface area contributed by atoms with Crippen molar-refractivity contribution in [3.8, 4) is 11.3 Å². The molecule has 3 aromatic rings. The molecule has 2 aromatic heterocycles. The molecule has 0 unspecified atom stereocenters. The summed E-state index contributed by atoms with van der Waals surface area (Å²) in [6, 6.07) is 8.36. The molecule has 5 nitrogen and oxygen atoms in total. The molecule has 0 amide bonds. The molecule has 0 bridgehead atoms. The van der Waals surface area contributed by atoms with E-state index in [2.05, 4.69) is 43.5 Å². The van der Waals surface area contributed by atoms with E-state index < -0.39 is 0 Å². The van der Waals surface area contributed by atoms with Crippen molar-refractivity contribution in [1.29, 1.82) is 0 Å². The number of benzene rings is 1. The first-order chi connectivity index (χ1) is 9.93. The zero-order chi connectivity index (χ0) is 13.6. The van der Waals surface area contributed by atoms with Gasteiger partial charge in [-0.1, -0.05) is 24.3 Å². The summed E-state index contributed by atoms with van der Waals surface area (Å²) in [4.78, 5) is 14.4. The highest BCUT2D eigenvalue weighted by Crippen LogP contribution is 2.20. The van der Waals surface area contributed by atoms with Crippen molar-refractivity contribution >= 4 is 0 Å². The van der Waals surface area contributed by atoms with Gasteiger partial charge in [0, 0.05) is 37.0 Å². The van der Waals surface area contributed by atoms with E-state index in [1.165, 1.54) is 11.1 Å². The van der Waals surface area contributed by atoms with Crippen LogP contribution < -0.4 is 5.32 Å². The lowest BCUT2D eigenvalue weighted by Crippen LogP contribution is -2.17. The van der Waals surface area contributed by atoms with Crippen molar-refractivity contribution in [3.05, 3.63) is 60.6 Å². The van der Waals surface area contributed by atoms with Crippen LogP contribution in [-0.2, 0) is 13.0 Å². The molecule has 3 N–H and O–H groups in total. The molecule has 1 aromatic carbocycles. The molecule has 3 rings (SSSR count). The molecule has 0 fully saturated rings. The summed E-state index contributed by atoms with van der Waals surface area (Å²) in [5.74, 6) is 0. The number of imidazole rings is 2. The minimum absolute atomic E-state index is 0.837. The van der Waals surface area contributed by atoms with E-state index in [1.54, 1.807) is 12.7 Å². The normalized spacial score (nSPS) is 10.8. The Labute approximate surface area is 117 Å². The minimum atomic E-state index is 0.837. The SMILES string of the molecule is c1ccc(-c2cnc[nH]2)c(CNCCc2cnc[nH]2)c1. The van der Waals surface area contributed by atoms with Crippen LogP contribution in [0, 0.1) is 0 Å². The van der Waals surface area contributed by atoms with Gasteiger partial charge in [0.15, 0.2) is 0 Å². The largest absolute Gasteiger partial charge is 0.348 e. The third kappa shape index (κ3) is 2.95. The van der Waals surface area contributed by atoms with Crippen LogP contribution in [0.5, 0.6) is 0 Å². The van der Waals surface area contributed by atoms with Gasteiger partial charge in [0.05, 0.1) is 24.5 Å². The first-order valence-corrected chi connectivity index (χ1v) is 6.68. The summed E-state index contributed by atoms with van der Waals surface area (Å²) in [5.41, 5.74) is 4.66. The Hall–Kier alpha value is -2.40. The van der Waals surface area contributed by atoms with Crippen LogP contribution in [0.15, 0.2) is 49.3 Å². The average Bonchev–Trinajstić information content (AvgIpc) is 3.17. The lowest BCUT2D eigenvalue weighted by Gasteiger charge is -2.09. The van der Waals surface area contributed by atoms with E-state index in [0.29, 0.717) is 0 Å². The first kappa shape index (κ1) is 12.6. The maximum absolute atomic E-state index is 4.08. The van der Waals surface area contributed by atoms with Gasteiger partial charge in [-0.15, -0.1) is 0 Å². The first-order valence-electron chi connectivity index (χ1n) is 6.68. The van der Waals surface area contributed by atoms with Gasteiger partial charge < -0.3 is 15.3 Å². The number of H-pyrrole nitrogens is 2. The van der Waals surface area contributed by atoms with E-state index in [4.69, 9.17) is 0 Å². The van der Waals surface area contributed by atoms with Crippen LogP contribution in [0.1, 0.15) is 11.3 Å². The molecule has 5 heteroatoms. The molecular formula is C15H17N5. The topological polar surface area (TPSA) is 69.4 Å². The Morgan fingerprint density at radius 3 is 2.65 bits per heavy atom. The minimum Gasteiger partial charge on any atom is -0.348 e. The zero-order valence-corrected chi connectivity index (χ0v) is 11.1. The molecule has 0 aliphatic carbocycles. The van der Waals surface area contributed by atoms with E-state index in [0.717, 1.165) is 30.9 Å². The third-order valence-electron chi connectivity index (χ3n) is 3.25. The van der Waals surface area contributed by atoms with Crippen molar-refractivity contribution in [2.45, 2.75) is 13.0 Å². The zero-order valence-electron chi connectivity index (χ0n) is 11.1. The number of nitrogens with one attached hydrogen (secondary N) is 3. The lowest BCUT2D eigenvalue weighted by atomic mass is 10.1. The molecule has 0 radical (unpaired) electrons. The Balaban J connectivity index is 1.60. The third-order valence-corrected chi connectivity index (χ3v) is 3.25. The van der Waals surface area contributed by atoms with Gasteiger partial charge >= 0.3 is 0 Å². The maximum Gasteiger partial charge on any atom is 0.0924 e. The number of aromatic nitrogens is 4. The highest BCUT2D eigenvalue weighted by molar-refractivity contribution is 5.62.